The molecule has 0 saturated heterocycles. The molecule has 26 heavy (non-hydrogen) atoms. The zero-order valence-electron chi connectivity index (χ0n) is 16.0. The van der Waals surface area contributed by atoms with Gasteiger partial charge in [0.1, 0.15) is 5.82 Å². The van der Waals surface area contributed by atoms with Crippen molar-refractivity contribution in [1.82, 2.24) is 14.4 Å². The Hall–Kier alpha value is -2.63. The molecule has 0 fully saturated rings. The molecule has 1 heterocycles. The minimum atomic E-state index is -0.349. The summed E-state index contributed by atoms with van der Waals surface area (Å²) in [5.74, 6) is -0.687. The van der Waals surface area contributed by atoms with E-state index in [2.05, 4.69) is 0 Å². The summed E-state index contributed by atoms with van der Waals surface area (Å²) in [6.45, 7) is 8.67. The molecule has 0 N–H and O–H groups in total. The van der Waals surface area contributed by atoms with E-state index in [-0.39, 0.29) is 24.2 Å². The fraction of sp³-hybridized carbons (Fsp3) is 0.400. The van der Waals surface area contributed by atoms with Crippen molar-refractivity contribution in [3.05, 3.63) is 53.1 Å². The Balaban J connectivity index is 2.30. The van der Waals surface area contributed by atoms with Gasteiger partial charge in [-0.15, -0.1) is 0 Å². The summed E-state index contributed by atoms with van der Waals surface area (Å²) in [6, 6.07) is 8.20. The zero-order chi connectivity index (χ0) is 19.4. The molecule has 0 atom stereocenters. The van der Waals surface area contributed by atoms with Crippen LogP contribution in [0.3, 0.4) is 0 Å². The Bertz CT molecular complexity index is 809. The molecule has 2 aromatic rings. The van der Waals surface area contributed by atoms with Gasteiger partial charge >= 0.3 is 0 Å². The van der Waals surface area contributed by atoms with E-state index in [0.717, 1.165) is 5.69 Å². The molecule has 0 radical (unpaired) electrons. The highest BCUT2D eigenvalue weighted by molar-refractivity contribution is 5.97. The van der Waals surface area contributed by atoms with E-state index in [1.165, 1.54) is 11.0 Å². The SMILES string of the molecule is CCN(CC)C(=O)CN(C)C(=O)c1cc(C)n(-c2ccccc2F)c1C. The van der Waals surface area contributed by atoms with Gasteiger partial charge in [0.15, 0.2) is 0 Å². The van der Waals surface area contributed by atoms with Crippen molar-refractivity contribution < 1.29 is 14.0 Å². The van der Waals surface area contributed by atoms with Crippen LogP contribution in [0.1, 0.15) is 35.6 Å². The zero-order valence-corrected chi connectivity index (χ0v) is 16.0. The van der Waals surface area contributed by atoms with Gasteiger partial charge in [-0.2, -0.15) is 0 Å². The van der Waals surface area contributed by atoms with E-state index in [9.17, 15) is 14.0 Å². The van der Waals surface area contributed by atoms with Crippen molar-refractivity contribution in [2.75, 3.05) is 26.7 Å². The minimum absolute atomic E-state index is 0.0177. The molecule has 140 valence electrons. The third-order valence-corrected chi connectivity index (χ3v) is 4.59. The Morgan fingerprint density at radius 3 is 2.31 bits per heavy atom. The van der Waals surface area contributed by atoms with Gasteiger partial charge in [-0.1, -0.05) is 12.1 Å². The lowest BCUT2D eigenvalue weighted by atomic mass is 10.2. The van der Waals surface area contributed by atoms with Crippen molar-refractivity contribution >= 4 is 11.8 Å². The number of amides is 2. The van der Waals surface area contributed by atoms with Crippen LogP contribution in [0.4, 0.5) is 4.39 Å². The molecule has 0 aliphatic carbocycles. The molecular weight excluding hydrogens is 333 g/mol. The third-order valence-electron chi connectivity index (χ3n) is 4.59. The molecule has 0 aliphatic heterocycles. The van der Waals surface area contributed by atoms with E-state index in [4.69, 9.17) is 0 Å². The van der Waals surface area contributed by atoms with Gasteiger partial charge < -0.3 is 14.4 Å². The molecule has 0 aliphatic rings. The van der Waals surface area contributed by atoms with Crippen LogP contribution < -0.4 is 0 Å². The molecule has 0 spiro atoms. The quantitative estimate of drug-likeness (QED) is 0.795. The second-order valence-corrected chi connectivity index (χ2v) is 6.30. The van der Waals surface area contributed by atoms with Crippen LogP contribution in [0.2, 0.25) is 0 Å². The van der Waals surface area contributed by atoms with Gasteiger partial charge in [0.25, 0.3) is 5.91 Å². The average Bonchev–Trinajstić information content (AvgIpc) is 2.90. The second-order valence-electron chi connectivity index (χ2n) is 6.30. The summed E-state index contributed by atoms with van der Waals surface area (Å²) >= 11 is 0. The summed E-state index contributed by atoms with van der Waals surface area (Å²) in [7, 11) is 1.61. The lowest BCUT2D eigenvalue weighted by Gasteiger charge is -2.23. The van der Waals surface area contributed by atoms with Crippen LogP contribution >= 0.6 is 0 Å². The van der Waals surface area contributed by atoms with Crippen LogP contribution in [0.5, 0.6) is 0 Å². The fourth-order valence-electron chi connectivity index (χ4n) is 3.14. The van der Waals surface area contributed by atoms with E-state index >= 15 is 0 Å². The normalized spacial score (nSPS) is 10.7. The lowest BCUT2D eigenvalue weighted by Crippen LogP contribution is -2.41. The van der Waals surface area contributed by atoms with Gasteiger partial charge in [0.05, 0.1) is 17.8 Å². The maximum atomic E-state index is 14.2. The van der Waals surface area contributed by atoms with E-state index in [1.807, 2.05) is 20.8 Å². The summed E-state index contributed by atoms with van der Waals surface area (Å²) < 4.78 is 15.9. The number of benzene rings is 1. The van der Waals surface area contributed by atoms with Gasteiger partial charge in [-0.3, -0.25) is 9.59 Å². The Kier molecular flexibility index (Phi) is 6.18. The monoisotopic (exact) mass is 359 g/mol. The number of hydrogen-bond acceptors (Lipinski definition) is 2. The number of likely N-dealkylation sites (N-methyl/N-ethyl adjacent to an activating group) is 2. The largest absolute Gasteiger partial charge is 0.342 e. The molecule has 0 saturated carbocycles. The number of rotatable bonds is 6. The molecular formula is C20H26FN3O2. The van der Waals surface area contributed by atoms with Crippen LogP contribution in [0.15, 0.2) is 30.3 Å². The summed E-state index contributed by atoms with van der Waals surface area (Å²) in [5.41, 5.74) is 2.29. The maximum Gasteiger partial charge on any atom is 0.255 e. The van der Waals surface area contributed by atoms with Crippen molar-refractivity contribution in [3.8, 4) is 5.69 Å². The standard InChI is InChI=1S/C20H26FN3O2/c1-6-23(7-2)19(25)13-22(5)20(26)16-12-14(3)24(15(16)4)18-11-9-8-10-17(18)21/h8-12H,6-7,13H2,1-5H3. The minimum Gasteiger partial charge on any atom is -0.342 e. The first-order chi connectivity index (χ1) is 12.3. The number of halogens is 1. The molecule has 0 unspecified atom stereocenters. The van der Waals surface area contributed by atoms with Gasteiger partial charge in [0.2, 0.25) is 5.91 Å². The van der Waals surface area contributed by atoms with Gasteiger partial charge in [-0.25, -0.2) is 4.39 Å². The van der Waals surface area contributed by atoms with Crippen LogP contribution in [0, 0.1) is 19.7 Å². The highest BCUT2D eigenvalue weighted by atomic mass is 19.1. The first-order valence-electron chi connectivity index (χ1n) is 8.78. The van der Waals surface area contributed by atoms with Crippen molar-refractivity contribution in [2.45, 2.75) is 27.7 Å². The smallest absolute Gasteiger partial charge is 0.255 e. The van der Waals surface area contributed by atoms with Crippen LogP contribution in [0.25, 0.3) is 5.69 Å². The summed E-state index contributed by atoms with van der Waals surface area (Å²) in [5, 5.41) is 0. The molecule has 1 aromatic heterocycles. The molecule has 1 aromatic carbocycles. The second kappa shape index (κ2) is 8.17. The molecule has 2 amide bonds. The number of para-hydroxylation sites is 1. The number of carbonyl (C=O) groups is 2. The van der Waals surface area contributed by atoms with Crippen LogP contribution in [-0.4, -0.2) is 52.9 Å². The highest BCUT2D eigenvalue weighted by Gasteiger charge is 2.23. The van der Waals surface area contributed by atoms with E-state index in [1.54, 1.807) is 47.7 Å². The summed E-state index contributed by atoms with van der Waals surface area (Å²) in [4.78, 5) is 28.2. The predicted octanol–water partition coefficient (Wildman–Crippen LogP) is 3.17. The predicted molar refractivity (Wildman–Crippen MR) is 100 cm³/mol. The third kappa shape index (κ3) is 3.79. The van der Waals surface area contributed by atoms with Gasteiger partial charge in [0, 0.05) is 31.5 Å². The average molecular weight is 359 g/mol. The number of carbonyl (C=O) groups excluding carboxylic acids is 2. The number of hydrogen-bond donors (Lipinski definition) is 0. The fourth-order valence-corrected chi connectivity index (χ4v) is 3.14. The number of nitrogens with zero attached hydrogens (tertiary/aromatic N) is 3. The lowest BCUT2D eigenvalue weighted by molar-refractivity contribution is -0.131. The van der Waals surface area contributed by atoms with Crippen LogP contribution in [-0.2, 0) is 4.79 Å². The number of aromatic nitrogens is 1. The maximum absolute atomic E-state index is 14.2. The van der Waals surface area contributed by atoms with E-state index < -0.39 is 0 Å². The van der Waals surface area contributed by atoms with Gasteiger partial charge in [-0.05, 0) is 45.9 Å². The molecule has 2 rings (SSSR count). The van der Waals surface area contributed by atoms with E-state index in [0.29, 0.717) is 30.0 Å². The Morgan fingerprint density at radius 1 is 1.12 bits per heavy atom. The number of aryl methyl sites for hydroxylation is 1. The van der Waals surface area contributed by atoms with Crippen molar-refractivity contribution in [2.24, 2.45) is 0 Å². The Labute approximate surface area is 154 Å². The van der Waals surface area contributed by atoms with Crippen molar-refractivity contribution in [3.63, 3.8) is 0 Å². The topological polar surface area (TPSA) is 45.6 Å². The first kappa shape index (κ1) is 19.7. The molecule has 6 heteroatoms. The molecule has 5 nitrogen and oxygen atoms in total. The summed E-state index contributed by atoms with van der Waals surface area (Å²) in [6.07, 6.45) is 0. The van der Waals surface area contributed by atoms with Crippen molar-refractivity contribution in [1.29, 1.82) is 0 Å². The Morgan fingerprint density at radius 2 is 1.73 bits per heavy atom. The molecule has 0 bridgehead atoms. The highest BCUT2D eigenvalue weighted by Crippen LogP contribution is 2.23. The first-order valence-corrected chi connectivity index (χ1v) is 8.78.